The molecule has 2 aromatic carbocycles. The van der Waals surface area contributed by atoms with E-state index in [1.807, 2.05) is 25.1 Å². The van der Waals surface area contributed by atoms with Crippen molar-refractivity contribution < 1.29 is 9.59 Å². The Morgan fingerprint density at radius 3 is 2.08 bits per heavy atom. The van der Waals surface area contributed by atoms with Gasteiger partial charge in [-0.3, -0.25) is 14.9 Å². The number of hydrogen-bond donors (Lipinski definition) is 2. The standard InChI is InChI=1S/C21H26N2O2/c1-14(2)20(17-10-6-5-7-11-17)22-15(3)21(25)23-19-13-9-8-12-18(19)16(4)24/h5-15,20,22H,1-4H3,(H,23,25)/t15-,20+/m0/s1. The summed E-state index contributed by atoms with van der Waals surface area (Å²) in [5.41, 5.74) is 2.22. The molecule has 2 atom stereocenters. The molecule has 0 aliphatic heterocycles. The summed E-state index contributed by atoms with van der Waals surface area (Å²) in [6, 6.07) is 16.9. The van der Waals surface area contributed by atoms with E-state index in [1.54, 1.807) is 24.3 Å². The third-order valence-electron chi connectivity index (χ3n) is 4.21. The second kappa shape index (κ2) is 8.58. The Morgan fingerprint density at radius 2 is 1.48 bits per heavy atom. The summed E-state index contributed by atoms with van der Waals surface area (Å²) in [5.74, 6) is 0.110. The van der Waals surface area contributed by atoms with Crippen molar-refractivity contribution >= 4 is 17.4 Å². The maximum absolute atomic E-state index is 12.6. The van der Waals surface area contributed by atoms with E-state index in [1.165, 1.54) is 6.92 Å². The predicted molar refractivity (Wildman–Crippen MR) is 102 cm³/mol. The Morgan fingerprint density at radius 1 is 0.880 bits per heavy atom. The largest absolute Gasteiger partial charge is 0.324 e. The van der Waals surface area contributed by atoms with E-state index in [0.717, 1.165) is 5.56 Å². The van der Waals surface area contributed by atoms with Gasteiger partial charge in [0.25, 0.3) is 0 Å². The summed E-state index contributed by atoms with van der Waals surface area (Å²) < 4.78 is 0. The Labute approximate surface area is 149 Å². The van der Waals surface area contributed by atoms with Crippen LogP contribution >= 0.6 is 0 Å². The number of hydrogen-bond acceptors (Lipinski definition) is 3. The number of rotatable bonds is 7. The van der Waals surface area contributed by atoms with Crippen molar-refractivity contribution in [1.29, 1.82) is 0 Å². The lowest BCUT2D eigenvalue weighted by Crippen LogP contribution is -2.41. The van der Waals surface area contributed by atoms with Crippen molar-refractivity contribution in [1.82, 2.24) is 5.32 Å². The first kappa shape index (κ1) is 18.9. The van der Waals surface area contributed by atoms with Crippen molar-refractivity contribution in [2.24, 2.45) is 5.92 Å². The predicted octanol–water partition coefficient (Wildman–Crippen LogP) is 4.20. The van der Waals surface area contributed by atoms with Crippen molar-refractivity contribution in [3.8, 4) is 0 Å². The summed E-state index contributed by atoms with van der Waals surface area (Å²) >= 11 is 0. The molecule has 0 aliphatic rings. The van der Waals surface area contributed by atoms with Gasteiger partial charge in [-0.05, 0) is 37.5 Å². The lowest BCUT2D eigenvalue weighted by molar-refractivity contribution is -0.118. The van der Waals surface area contributed by atoms with Crippen LogP contribution in [-0.4, -0.2) is 17.7 Å². The summed E-state index contributed by atoms with van der Waals surface area (Å²) in [5, 5.41) is 6.27. The second-order valence-electron chi connectivity index (χ2n) is 6.61. The first-order chi connectivity index (χ1) is 11.9. The summed E-state index contributed by atoms with van der Waals surface area (Å²) in [6.45, 7) is 7.58. The summed E-state index contributed by atoms with van der Waals surface area (Å²) in [4.78, 5) is 24.3. The molecule has 0 saturated heterocycles. The lowest BCUT2D eigenvalue weighted by Gasteiger charge is -2.26. The molecule has 4 nitrogen and oxygen atoms in total. The van der Waals surface area contributed by atoms with E-state index in [0.29, 0.717) is 17.2 Å². The quantitative estimate of drug-likeness (QED) is 0.744. The van der Waals surface area contributed by atoms with Crippen molar-refractivity contribution in [3.05, 3.63) is 65.7 Å². The summed E-state index contributed by atoms with van der Waals surface area (Å²) in [6.07, 6.45) is 0. The van der Waals surface area contributed by atoms with E-state index < -0.39 is 6.04 Å². The first-order valence-corrected chi connectivity index (χ1v) is 8.62. The fourth-order valence-electron chi connectivity index (χ4n) is 2.82. The highest BCUT2D eigenvalue weighted by Crippen LogP contribution is 2.22. The van der Waals surface area contributed by atoms with Gasteiger partial charge in [-0.1, -0.05) is 56.3 Å². The zero-order chi connectivity index (χ0) is 18.4. The number of carbonyl (C=O) groups excluding carboxylic acids is 2. The maximum atomic E-state index is 12.6. The van der Waals surface area contributed by atoms with Crippen LogP contribution in [0.1, 0.15) is 49.7 Å². The van der Waals surface area contributed by atoms with E-state index in [-0.39, 0.29) is 17.7 Å². The number of carbonyl (C=O) groups is 2. The number of amides is 1. The minimum absolute atomic E-state index is 0.0687. The number of para-hydroxylation sites is 1. The Balaban J connectivity index is 2.10. The molecule has 0 radical (unpaired) electrons. The highest BCUT2D eigenvalue weighted by molar-refractivity contribution is 6.04. The van der Waals surface area contributed by atoms with Gasteiger partial charge in [0.1, 0.15) is 0 Å². The number of Topliss-reactive ketones (excluding diaryl/α,β-unsaturated/α-hetero) is 1. The molecule has 0 unspecified atom stereocenters. The Kier molecular flexibility index (Phi) is 6.48. The van der Waals surface area contributed by atoms with Gasteiger partial charge >= 0.3 is 0 Å². The molecule has 0 spiro atoms. The Bertz CT molecular complexity index is 726. The van der Waals surface area contributed by atoms with Gasteiger partial charge in [-0.25, -0.2) is 0 Å². The van der Waals surface area contributed by atoms with Gasteiger partial charge in [0.2, 0.25) is 5.91 Å². The van der Waals surface area contributed by atoms with Crippen LogP contribution in [0.25, 0.3) is 0 Å². The highest BCUT2D eigenvalue weighted by atomic mass is 16.2. The van der Waals surface area contributed by atoms with Crippen LogP contribution in [0.4, 0.5) is 5.69 Å². The first-order valence-electron chi connectivity index (χ1n) is 8.62. The van der Waals surface area contributed by atoms with Crippen molar-refractivity contribution in [2.45, 2.75) is 39.8 Å². The fourth-order valence-corrected chi connectivity index (χ4v) is 2.82. The third-order valence-corrected chi connectivity index (χ3v) is 4.21. The molecule has 0 aliphatic carbocycles. The van der Waals surface area contributed by atoms with Gasteiger partial charge in [0, 0.05) is 11.6 Å². The van der Waals surface area contributed by atoms with Gasteiger partial charge in [0.05, 0.1) is 11.7 Å². The van der Waals surface area contributed by atoms with Gasteiger partial charge in [-0.15, -0.1) is 0 Å². The highest BCUT2D eigenvalue weighted by Gasteiger charge is 2.22. The van der Waals surface area contributed by atoms with Crippen molar-refractivity contribution in [2.75, 3.05) is 5.32 Å². The monoisotopic (exact) mass is 338 g/mol. The molecule has 2 N–H and O–H groups in total. The van der Waals surface area contributed by atoms with Crippen LogP contribution in [0, 0.1) is 5.92 Å². The molecule has 0 fully saturated rings. The van der Waals surface area contributed by atoms with Crippen LogP contribution < -0.4 is 10.6 Å². The molecule has 1 amide bonds. The molecule has 25 heavy (non-hydrogen) atoms. The average Bonchev–Trinajstić information content (AvgIpc) is 2.60. The zero-order valence-electron chi connectivity index (χ0n) is 15.2. The topological polar surface area (TPSA) is 58.2 Å². The van der Waals surface area contributed by atoms with Crippen LogP contribution in [0.15, 0.2) is 54.6 Å². The van der Waals surface area contributed by atoms with E-state index >= 15 is 0 Å². The lowest BCUT2D eigenvalue weighted by atomic mass is 9.95. The van der Waals surface area contributed by atoms with Gasteiger partial charge in [-0.2, -0.15) is 0 Å². The number of benzene rings is 2. The van der Waals surface area contributed by atoms with E-state index in [4.69, 9.17) is 0 Å². The number of nitrogens with one attached hydrogen (secondary N) is 2. The molecule has 0 heterocycles. The smallest absolute Gasteiger partial charge is 0.241 e. The molecule has 4 heteroatoms. The third kappa shape index (κ3) is 5.00. The van der Waals surface area contributed by atoms with E-state index in [2.05, 4.69) is 36.6 Å². The molecule has 0 aromatic heterocycles. The summed E-state index contributed by atoms with van der Waals surface area (Å²) in [7, 11) is 0. The van der Waals surface area contributed by atoms with Crippen LogP contribution in [0.5, 0.6) is 0 Å². The van der Waals surface area contributed by atoms with Crippen LogP contribution in [0.2, 0.25) is 0 Å². The van der Waals surface area contributed by atoms with Gasteiger partial charge in [0.15, 0.2) is 5.78 Å². The molecular weight excluding hydrogens is 312 g/mol. The van der Waals surface area contributed by atoms with Gasteiger partial charge < -0.3 is 5.32 Å². The maximum Gasteiger partial charge on any atom is 0.241 e. The SMILES string of the molecule is CC(=O)c1ccccc1NC(=O)[C@H](C)N[C@@H](c1ccccc1)C(C)C. The molecule has 132 valence electrons. The minimum Gasteiger partial charge on any atom is -0.324 e. The molecule has 0 bridgehead atoms. The number of ketones is 1. The number of anilines is 1. The zero-order valence-corrected chi connectivity index (χ0v) is 15.2. The minimum atomic E-state index is -0.396. The molecule has 0 saturated carbocycles. The molecular formula is C21H26N2O2. The van der Waals surface area contributed by atoms with Crippen LogP contribution in [0.3, 0.4) is 0 Å². The fraction of sp³-hybridized carbons (Fsp3) is 0.333. The average molecular weight is 338 g/mol. The molecule has 2 aromatic rings. The van der Waals surface area contributed by atoms with Crippen molar-refractivity contribution in [3.63, 3.8) is 0 Å². The second-order valence-corrected chi connectivity index (χ2v) is 6.61. The molecule has 2 rings (SSSR count). The normalized spacial score (nSPS) is 13.3. The van der Waals surface area contributed by atoms with E-state index in [9.17, 15) is 9.59 Å². The van der Waals surface area contributed by atoms with Crippen LogP contribution in [-0.2, 0) is 4.79 Å². The Hall–Kier alpha value is -2.46.